The van der Waals surface area contributed by atoms with Gasteiger partial charge in [0, 0.05) is 0 Å². The van der Waals surface area contributed by atoms with E-state index in [4.69, 9.17) is 9.41 Å². The van der Waals surface area contributed by atoms with E-state index in [9.17, 15) is 0 Å². The third-order valence-corrected chi connectivity index (χ3v) is 11.7. The monoisotopic (exact) mass is 703 g/mol. The van der Waals surface area contributed by atoms with Crippen molar-refractivity contribution in [3.63, 3.8) is 0 Å². The van der Waals surface area contributed by atoms with E-state index >= 15 is 0 Å². The summed E-state index contributed by atoms with van der Waals surface area (Å²) in [6.07, 6.45) is 0. The Morgan fingerprint density at radius 3 is 2.24 bits per heavy atom. The second kappa shape index (κ2) is 10.1. The number of anilines is 2. The molecule has 0 saturated carbocycles. The van der Waals surface area contributed by atoms with Crippen molar-refractivity contribution in [3.05, 3.63) is 157 Å². The summed E-state index contributed by atoms with van der Waals surface area (Å²) < 4.78 is 9.94. The zero-order chi connectivity index (χ0) is 30.2. The predicted molar refractivity (Wildman–Crippen MR) is 185 cm³/mol. The number of fused-ring (bicyclic) bond motifs is 7. The van der Waals surface area contributed by atoms with Crippen molar-refractivity contribution in [2.45, 2.75) is 6.54 Å². The summed E-state index contributed by atoms with van der Waals surface area (Å²) in [6, 6.07) is 52.1. The second-order valence-corrected chi connectivity index (χ2v) is 14.4. The molecule has 3 heterocycles. The van der Waals surface area contributed by atoms with Gasteiger partial charge in [-0.05, 0) is 0 Å². The number of hydrogen-bond acceptors (Lipinski definition) is 3. The van der Waals surface area contributed by atoms with Gasteiger partial charge in [0.1, 0.15) is 0 Å². The van der Waals surface area contributed by atoms with Crippen molar-refractivity contribution in [2.75, 3.05) is 4.90 Å². The molecule has 218 valence electrons. The van der Waals surface area contributed by atoms with Crippen LogP contribution in [0.25, 0.3) is 54.6 Å². The summed E-state index contributed by atoms with van der Waals surface area (Å²) in [4.78, 5) is 8.05. The third-order valence-electron chi connectivity index (χ3n) is 9.16. The van der Waals surface area contributed by atoms with Crippen LogP contribution in [-0.4, -0.2) is 12.5 Å². The Morgan fingerprint density at radius 2 is 1.33 bits per heavy atom. The molecule has 0 bridgehead atoms. The molecule has 4 nitrogen and oxygen atoms in total. The number of para-hydroxylation sites is 1. The Kier molecular flexibility index (Phi) is 5.72. The summed E-state index contributed by atoms with van der Waals surface area (Å²) in [7, 11) is 0. The van der Waals surface area contributed by atoms with E-state index in [0.29, 0.717) is 0 Å². The van der Waals surface area contributed by atoms with Crippen molar-refractivity contribution in [3.8, 4) is 11.1 Å². The first-order valence-corrected chi connectivity index (χ1v) is 17.5. The molecule has 0 N–H and O–H groups in total. The summed E-state index contributed by atoms with van der Waals surface area (Å²) in [5, 5.41) is 7.36. The fourth-order valence-corrected chi connectivity index (χ4v) is 9.89. The van der Waals surface area contributed by atoms with E-state index in [-0.39, 0.29) is 0 Å². The van der Waals surface area contributed by atoms with Crippen LogP contribution in [0.5, 0.6) is 0 Å². The maximum atomic E-state index is 6.28. The van der Waals surface area contributed by atoms with Crippen molar-refractivity contribution >= 4 is 64.5 Å². The molecule has 0 amide bonds. The van der Waals surface area contributed by atoms with Crippen LogP contribution in [0.15, 0.2) is 155 Å². The molecule has 2 aliphatic rings. The number of benzene rings is 7. The summed E-state index contributed by atoms with van der Waals surface area (Å²) in [6.45, 7) is 0.752. The quantitative estimate of drug-likeness (QED) is 0.112. The van der Waals surface area contributed by atoms with Crippen molar-refractivity contribution in [1.82, 2.24) is 0 Å². The molecule has 0 fully saturated rings. The molecule has 0 saturated heterocycles. The minimum atomic E-state index is -0.708. The fraction of sp³-hybridized carbons (Fsp3) is 0.0244. The Bertz CT molecular complexity index is 2590. The Balaban J connectivity index is 1.18. The van der Waals surface area contributed by atoms with Gasteiger partial charge in [0.25, 0.3) is 0 Å². The average molecular weight is 704 g/mol. The van der Waals surface area contributed by atoms with Crippen molar-refractivity contribution in [1.29, 1.82) is 0 Å². The van der Waals surface area contributed by atoms with Crippen molar-refractivity contribution < 1.29 is 28.7 Å². The molecule has 10 rings (SSSR count). The number of nitrogens with zero attached hydrogens (tertiary/aromatic N) is 3. The van der Waals surface area contributed by atoms with Crippen LogP contribution in [-0.2, 0) is 6.54 Å². The van der Waals surface area contributed by atoms with Gasteiger partial charge in [-0.15, -0.1) is 0 Å². The molecule has 46 heavy (non-hydrogen) atoms. The normalized spacial score (nSPS) is 14.3. The number of halogens is 1. The first-order valence-electron chi connectivity index (χ1n) is 15.5. The van der Waals surface area contributed by atoms with E-state index in [1.807, 2.05) is 6.07 Å². The number of hydrogen-bond donors (Lipinski definition) is 0. The fourth-order valence-electron chi connectivity index (χ4n) is 7.16. The Labute approximate surface area is 276 Å². The minimum absolute atomic E-state index is 0.708. The van der Waals surface area contributed by atoms with Gasteiger partial charge in [0.2, 0.25) is 0 Å². The van der Waals surface area contributed by atoms with Crippen LogP contribution in [0.1, 0.15) is 11.1 Å². The van der Waals surface area contributed by atoms with Crippen LogP contribution in [0, 0.1) is 0 Å². The van der Waals surface area contributed by atoms with E-state index in [2.05, 4.69) is 147 Å². The Morgan fingerprint density at radius 1 is 0.587 bits per heavy atom. The Hall–Kier alpha value is -5.27. The molecule has 0 unspecified atom stereocenters. The number of amidine groups is 2. The van der Waals surface area contributed by atoms with Gasteiger partial charge in [-0.1, -0.05) is 0 Å². The van der Waals surface area contributed by atoms with Gasteiger partial charge in [0.05, 0.1) is 0 Å². The number of aliphatic imine (C=N–C) groups is 1. The van der Waals surface area contributed by atoms with Crippen LogP contribution in [0.4, 0.5) is 11.4 Å². The predicted octanol–water partition coefficient (Wildman–Crippen LogP) is 7.04. The summed E-state index contributed by atoms with van der Waals surface area (Å²) >= 11 is -0.708. The van der Waals surface area contributed by atoms with Gasteiger partial charge < -0.3 is 0 Å². The van der Waals surface area contributed by atoms with Crippen LogP contribution in [0.3, 0.4) is 0 Å². The molecule has 0 radical (unpaired) electrons. The molecule has 7 aromatic carbocycles. The first-order chi connectivity index (χ1) is 22.8. The zero-order valence-corrected chi connectivity index (χ0v) is 26.8. The summed E-state index contributed by atoms with van der Waals surface area (Å²) in [5.41, 5.74) is 9.20. The van der Waals surface area contributed by atoms with Crippen LogP contribution >= 0.6 is 0 Å². The van der Waals surface area contributed by atoms with Gasteiger partial charge in [-0.3, -0.25) is 0 Å². The topological polar surface area (TPSA) is 31.8 Å². The van der Waals surface area contributed by atoms with Crippen LogP contribution in [0.2, 0.25) is 0 Å². The molecule has 1 aromatic heterocycles. The first kappa shape index (κ1) is 26.0. The standard InChI is InChI=1S/C41H26IN3O/c1-2-12-28(13-3-1)40-43-41(42-44(40)25-29-16-10-22-36-38(29)33-18-6-7-21-35(33)46-36)45-34-20-9-15-27-14-8-19-31(37(27)34)32-24-23-26-11-4-5-17-30(26)39(32)45/h1-24H,25H2. The second-order valence-electron chi connectivity index (χ2n) is 11.8. The summed E-state index contributed by atoms with van der Waals surface area (Å²) in [5.74, 6) is 1.03. The zero-order valence-electron chi connectivity index (χ0n) is 24.7. The van der Waals surface area contributed by atoms with E-state index in [1.165, 1.54) is 55.0 Å². The van der Waals surface area contributed by atoms with Crippen LogP contribution < -0.4 is 26.4 Å². The van der Waals surface area contributed by atoms with E-state index < -0.39 is 21.5 Å². The molecule has 0 atom stereocenters. The molecular weight excluding hydrogens is 677 g/mol. The third kappa shape index (κ3) is 3.85. The SMILES string of the molecule is c1ccc(C2=[N+](Cc3cccc4oc5ccccc5c34)[I-]C(N3c4c(ccc5ccccc45)-c4cccc5cccc3c45)=N2)cc1. The molecule has 8 aromatic rings. The molecule has 2 aliphatic heterocycles. The maximum absolute atomic E-state index is 6.28. The van der Waals surface area contributed by atoms with Gasteiger partial charge in [0.15, 0.2) is 0 Å². The van der Waals surface area contributed by atoms with Gasteiger partial charge in [-0.2, -0.15) is 0 Å². The van der Waals surface area contributed by atoms with Crippen molar-refractivity contribution in [2.24, 2.45) is 4.99 Å². The average Bonchev–Trinajstić information content (AvgIpc) is 3.71. The molecular formula is C41H26IN3O. The molecule has 0 spiro atoms. The van der Waals surface area contributed by atoms with Gasteiger partial charge in [-0.25, -0.2) is 0 Å². The molecule has 5 heteroatoms. The van der Waals surface area contributed by atoms with Gasteiger partial charge >= 0.3 is 278 Å². The number of rotatable bonds is 3. The van der Waals surface area contributed by atoms with E-state index in [1.54, 1.807) is 0 Å². The molecule has 0 aliphatic carbocycles. The number of furan rings is 1. The van der Waals surface area contributed by atoms with E-state index in [0.717, 1.165) is 38.3 Å².